The van der Waals surface area contributed by atoms with Gasteiger partial charge < -0.3 is 15.3 Å². The molecule has 6 aromatic rings. The molecule has 6 rings (SSSR count). The number of rotatable bonds is 7. The summed E-state index contributed by atoms with van der Waals surface area (Å²) < 4.78 is 3.55. The predicted molar refractivity (Wildman–Crippen MR) is 158 cm³/mol. The highest BCUT2D eigenvalue weighted by Gasteiger charge is 2.14. The SMILES string of the molecule is C=NCC.Cc1cn(-c2ncnc3nc(-c4ccc(NC(=O)Cc5cc(-c6cccnc6)nn5C)cc4)[nH]c23)cn1. The molecule has 0 bridgehead atoms. The van der Waals surface area contributed by atoms with Gasteiger partial charge in [-0.2, -0.15) is 5.10 Å². The summed E-state index contributed by atoms with van der Waals surface area (Å²) in [6, 6.07) is 13.2. The number of amides is 1. The molecule has 0 aliphatic rings. The van der Waals surface area contributed by atoms with Gasteiger partial charge in [0.25, 0.3) is 0 Å². The molecule has 0 aliphatic heterocycles. The number of aromatic amines is 1. The van der Waals surface area contributed by atoms with Gasteiger partial charge in [0, 0.05) is 54.7 Å². The number of nitrogens with one attached hydrogen (secondary N) is 2. The number of fused-ring (bicyclic) bond motifs is 1. The van der Waals surface area contributed by atoms with E-state index < -0.39 is 0 Å². The van der Waals surface area contributed by atoms with Crippen molar-refractivity contribution in [2.75, 3.05) is 11.9 Å². The Kier molecular flexibility index (Phi) is 8.00. The van der Waals surface area contributed by atoms with Gasteiger partial charge in [-0.15, -0.1) is 0 Å². The molecule has 0 unspecified atom stereocenters. The van der Waals surface area contributed by atoms with Crippen LogP contribution in [0, 0.1) is 6.92 Å². The molecule has 1 amide bonds. The van der Waals surface area contributed by atoms with Crippen molar-refractivity contribution in [2.24, 2.45) is 12.0 Å². The highest BCUT2D eigenvalue weighted by Crippen LogP contribution is 2.24. The molecule has 0 saturated carbocycles. The van der Waals surface area contributed by atoms with Gasteiger partial charge >= 0.3 is 0 Å². The number of hydrogen-bond acceptors (Lipinski definition) is 8. The summed E-state index contributed by atoms with van der Waals surface area (Å²) >= 11 is 0. The van der Waals surface area contributed by atoms with Crippen LogP contribution in [0.15, 0.2) is 78.7 Å². The molecule has 206 valence electrons. The van der Waals surface area contributed by atoms with E-state index in [1.54, 1.807) is 23.4 Å². The van der Waals surface area contributed by atoms with Gasteiger partial charge in [-0.3, -0.25) is 19.0 Å². The Morgan fingerprint density at radius 3 is 2.61 bits per heavy atom. The molecule has 12 heteroatoms. The number of carbonyl (C=O) groups excluding carboxylic acids is 1. The largest absolute Gasteiger partial charge is 0.334 e. The van der Waals surface area contributed by atoms with Gasteiger partial charge in [-0.1, -0.05) is 0 Å². The van der Waals surface area contributed by atoms with Crippen molar-refractivity contribution >= 4 is 29.5 Å². The average Bonchev–Trinajstić information content (AvgIpc) is 3.72. The van der Waals surface area contributed by atoms with Gasteiger partial charge in [-0.25, -0.2) is 19.9 Å². The van der Waals surface area contributed by atoms with E-state index in [1.165, 1.54) is 6.33 Å². The van der Waals surface area contributed by atoms with E-state index in [1.807, 2.05) is 74.1 Å². The van der Waals surface area contributed by atoms with Crippen LogP contribution in [-0.4, -0.2) is 63.4 Å². The third-order valence-corrected chi connectivity index (χ3v) is 6.17. The lowest BCUT2D eigenvalue weighted by Crippen LogP contribution is -2.16. The molecule has 0 saturated heterocycles. The number of pyridine rings is 1. The number of carbonyl (C=O) groups is 1. The number of hydrogen-bond donors (Lipinski definition) is 2. The zero-order valence-corrected chi connectivity index (χ0v) is 23.0. The standard InChI is InChI=1S/C26H22N10O.C3H7N/c1-16-13-36(15-30-16)26-23-25(28-14-29-26)33-24(32-23)17-5-7-19(8-6-17)31-22(37)11-20-10-21(34-35(20)2)18-4-3-9-27-12-18;1-3-4-2/h3-10,12-15H,11H2,1-2H3,(H,31,37)(H,28,29,32,33);2-3H2,1H3. The lowest BCUT2D eigenvalue weighted by Gasteiger charge is -2.06. The topological polar surface area (TPSA) is 144 Å². The van der Waals surface area contributed by atoms with Crippen molar-refractivity contribution < 1.29 is 4.79 Å². The summed E-state index contributed by atoms with van der Waals surface area (Å²) in [6.45, 7) is 7.93. The molecule has 1 aromatic carbocycles. The van der Waals surface area contributed by atoms with Crippen molar-refractivity contribution in [3.05, 3.63) is 85.1 Å². The van der Waals surface area contributed by atoms with E-state index in [0.717, 1.165) is 34.8 Å². The van der Waals surface area contributed by atoms with Crippen LogP contribution >= 0.6 is 0 Å². The van der Waals surface area contributed by atoms with E-state index >= 15 is 0 Å². The number of aryl methyl sites for hydroxylation is 2. The lowest BCUT2D eigenvalue weighted by atomic mass is 10.1. The van der Waals surface area contributed by atoms with Gasteiger partial charge in [0.05, 0.1) is 17.8 Å². The van der Waals surface area contributed by atoms with E-state index in [-0.39, 0.29) is 12.3 Å². The lowest BCUT2D eigenvalue weighted by molar-refractivity contribution is -0.115. The number of H-pyrrole nitrogens is 1. The molecule has 0 aliphatic carbocycles. The van der Waals surface area contributed by atoms with Crippen molar-refractivity contribution in [2.45, 2.75) is 20.3 Å². The second-order valence-corrected chi connectivity index (χ2v) is 9.13. The number of aromatic nitrogens is 9. The minimum atomic E-state index is -0.132. The van der Waals surface area contributed by atoms with Crippen molar-refractivity contribution in [1.29, 1.82) is 0 Å². The summed E-state index contributed by atoms with van der Waals surface area (Å²) in [6.07, 6.45) is 8.75. The fourth-order valence-corrected chi connectivity index (χ4v) is 4.09. The molecular formula is C29H29N11O. The molecule has 0 spiro atoms. The normalized spacial score (nSPS) is 10.7. The maximum Gasteiger partial charge on any atom is 0.230 e. The highest BCUT2D eigenvalue weighted by atomic mass is 16.1. The summed E-state index contributed by atoms with van der Waals surface area (Å²) in [5.41, 5.74) is 6.21. The molecule has 2 N–H and O–H groups in total. The molecule has 0 radical (unpaired) electrons. The number of imidazole rings is 2. The summed E-state index contributed by atoms with van der Waals surface area (Å²) in [4.78, 5) is 41.2. The molecule has 0 fully saturated rings. The molecule has 12 nitrogen and oxygen atoms in total. The number of anilines is 1. The maximum absolute atomic E-state index is 12.7. The van der Waals surface area contributed by atoms with E-state index in [2.05, 4.69) is 52.0 Å². The fourth-order valence-electron chi connectivity index (χ4n) is 4.09. The Morgan fingerprint density at radius 2 is 1.93 bits per heavy atom. The molecule has 41 heavy (non-hydrogen) atoms. The first kappa shape index (κ1) is 27.1. The van der Waals surface area contributed by atoms with Gasteiger partial charge in [-0.05, 0) is 63.0 Å². The second kappa shape index (κ2) is 12.1. The molecule has 0 atom stereocenters. The van der Waals surface area contributed by atoms with E-state index in [9.17, 15) is 4.79 Å². The Bertz CT molecular complexity index is 1780. The summed E-state index contributed by atoms with van der Waals surface area (Å²) in [5, 5.41) is 7.45. The van der Waals surface area contributed by atoms with Crippen LogP contribution in [0.1, 0.15) is 18.3 Å². The predicted octanol–water partition coefficient (Wildman–Crippen LogP) is 4.20. The third kappa shape index (κ3) is 6.22. The number of benzene rings is 1. The van der Waals surface area contributed by atoms with Crippen LogP contribution in [0.5, 0.6) is 0 Å². The smallest absolute Gasteiger partial charge is 0.230 e. The van der Waals surface area contributed by atoms with Crippen molar-refractivity contribution in [3.8, 4) is 28.5 Å². The molecule has 5 aromatic heterocycles. The van der Waals surface area contributed by atoms with Crippen LogP contribution < -0.4 is 5.32 Å². The molecule has 5 heterocycles. The summed E-state index contributed by atoms with van der Waals surface area (Å²) in [5.74, 6) is 1.20. The molecular weight excluding hydrogens is 518 g/mol. The van der Waals surface area contributed by atoms with Crippen LogP contribution in [0.3, 0.4) is 0 Å². The van der Waals surface area contributed by atoms with Crippen LogP contribution in [0.4, 0.5) is 5.69 Å². The van der Waals surface area contributed by atoms with Gasteiger partial charge in [0.2, 0.25) is 5.91 Å². The van der Waals surface area contributed by atoms with E-state index in [0.29, 0.717) is 28.5 Å². The second-order valence-electron chi connectivity index (χ2n) is 9.13. The quantitative estimate of drug-likeness (QED) is 0.285. The minimum Gasteiger partial charge on any atom is -0.334 e. The van der Waals surface area contributed by atoms with Crippen LogP contribution in [0.2, 0.25) is 0 Å². The summed E-state index contributed by atoms with van der Waals surface area (Å²) in [7, 11) is 1.83. The maximum atomic E-state index is 12.7. The first-order chi connectivity index (χ1) is 19.9. The van der Waals surface area contributed by atoms with Crippen molar-refractivity contribution in [3.63, 3.8) is 0 Å². The monoisotopic (exact) mass is 547 g/mol. The van der Waals surface area contributed by atoms with Gasteiger partial charge in [0.1, 0.15) is 24.0 Å². The number of nitrogens with zero attached hydrogens (tertiary/aromatic N) is 9. The first-order valence-corrected chi connectivity index (χ1v) is 12.9. The third-order valence-electron chi connectivity index (χ3n) is 6.17. The Balaban J connectivity index is 0.000000794. The average molecular weight is 548 g/mol. The minimum absolute atomic E-state index is 0.132. The zero-order valence-electron chi connectivity index (χ0n) is 23.0. The first-order valence-electron chi connectivity index (χ1n) is 12.9. The van der Waals surface area contributed by atoms with Crippen LogP contribution in [0.25, 0.3) is 39.6 Å². The van der Waals surface area contributed by atoms with Crippen molar-refractivity contribution in [1.82, 2.24) is 44.3 Å². The zero-order chi connectivity index (χ0) is 28.8. The van der Waals surface area contributed by atoms with Crippen LogP contribution in [-0.2, 0) is 18.3 Å². The fraction of sp³-hybridized carbons (Fsp3) is 0.172. The Hall–Kier alpha value is -5.52. The highest BCUT2D eigenvalue weighted by molar-refractivity contribution is 5.92. The van der Waals surface area contributed by atoms with Gasteiger partial charge in [0.15, 0.2) is 11.5 Å². The van der Waals surface area contributed by atoms with E-state index in [4.69, 9.17) is 0 Å². The Morgan fingerprint density at radius 1 is 1.12 bits per heavy atom. The number of aliphatic imine (C=N–C) groups is 1. The Labute approximate surface area is 236 Å².